The van der Waals surface area contributed by atoms with Crippen molar-refractivity contribution in [1.29, 1.82) is 0 Å². The fourth-order valence-electron chi connectivity index (χ4n) is 4.19. The zero-order valence-electron chi connectivity index (χ0n) is 14.0. The van der Waals surface area contributed by atoms with Gasteiger partial charge in [0.2, 0.25) is 5.91 Å². The lowest BCUT2D eigenvalue weighted by Crippen LogP contribution is -2.45. The van der Waals surface area contributed by atoms with Crippen LogP contribution >= 0.6 is 11.3 Å². The number of thiophene rings is 1. The average Bonchev–Trinajstić information content (AvgIpc) is 3.17. The van der Waals surface area contributed by atoms with Crippen molar-refractivity contribution in [1.82, 2.24) is 9.80 Å². The van der Waals surface area contributed by atoms with Crippen LogP contribution < -0.4 is 0 Å². The Kier molecular flexibility index (Phi) is 4.06. The van der Waals surface area contributed by atoms with Crippen LogP contribution in [0.2, 0.25) is 0 Å². The monoisotopic (exact) mass is 362 g/mol. The number of carbonyl (C=O) groups is 3. The van der Waals surface area contributed by atoms with E-state index >= 15 is 0 Å². The van der Waals surface area contributed by atoms with E-state index in [0.29, 0.717) is 31.6 Å². The average molecular weight is 362 g/mol. The fraction of sp³-hybridized carbons (Fsp3) is 0.611. The normalized spacial score (nSPS) is 25.4. The highest BCUT2D eigenvalue weighted by Gasteiger charge is 2.50. The van der Waals surface area contributed by atoms with Crippen LogP contribution in [0.15, 0.2) is 16.8 Å². The largest absolute Gasteiger partial charge is 0.480 e. The van der Waals surface area contributed by atoms with Gasteiger partial charge in [0.25, 0.3) is 5.91 Å². The lowest BCUT2D eigenvalue weighted by Gasteiger charge is -2.39. The van der Waals surface area contributed by atoms with Crippen molar-refractivity contribution in [2.75, 3.05) is 19.6 Å². The molecule has 2 saturated heterocycles. The molecule has 3 aliphatic rings. The third kappa shape index (κ3) is 3.05. The summed E-state index contributed by atoms with van der Waals surface area (Å²) >= 11 is 1.44. The van der Waals surface area contributed by atoms with Crippen LogP contribution in [0.4, 0.5) is 0 Å². The third-order valence-corrected chi connectivity index (χ3v) is 6.57. The molecule has 0 aromatic carbocycles. The fourth-order valence-corrected chi connectivity index (χ4v) is 4.82. The van der Waals surface area contributed by atoms with Gasteiger partial charge in [-0.3, -0.25) is 9.59 Å². The van der Waals surface area contributed by atoms with E-state index < -0.39 is 12.0 Å². The third-order valence-electron chi connectivity index (χ3n) is 5.88. The van der Waals surface area contributed by atoms with E-state index in [1.54, 1.807) is 11.4 Å². The second-order valence-electron chi connectivity index (χ2n) is 7.60. The molecular weight excluding hydrogens is 340 g/mol. The number of carboxylic acids is 1. The molecule has 25 heavy (non-hydrogen) atoms. The SMILES string of the molecule is O=C(O)C1CC2(CCN(C(=O)C3CC3)CC2)CN1C(=O)c1ccsc1. The summed E-state index contributed by atoms with van der Waals surface area (Å²) in [5.41, 5.74) is 0.393. The quantitative estimate of drug-likeness (QED) is 0.893. The molecular formula is C18H22N2O4S. The van der Waals surface area contributed by atoms with Gasteiger partial charge in [-0.05, 0) is 49.0 Å². The smallest absolute Gasteiger partial charge is 0.326 e. The van der Waals surface area contributed by atoms with Gasteiger partial charge >= 0.3 is 5.97 Å². The Bertz CT molecular complexity index is 690. The predicted molar refractivity (Wildman–Crippen MR) is 92.4 cm³/mol. The molecule has 1 aromatic heterocycles. The van der Waals surface area contributed by atoms with Crippen LogP contribution in [0, 0.1) is 11.3 Å². The molecule has 3 fully saturated rings. The molecule has 1 spiro atoms. The van der Waals surface area contributed by atoms with Crippen LogP contribution in [-0.2, 0) is 9.59 Å². The van der Waals surface area contributed by atoms with Crippen molar-refractivity contribution in [3.63, 3.8) is 0 Å². The zero-order valence-corrected chi connectivity index (χ0v) is 14.8. The predicted octanol–water partition coefficient (Wildman–Crippen LogP) is 2.07. The van der Waals surface area contributed by atoms with Gasteiger partial charge in [-0.15, -0.1) is 0 Å². The molecule has 1 saturated carbocycles. The molecule has 1 N–H and O–H groups in total. The van der Waals surface area contributed by atoms with Gasteiger partial charge in [0.15, 0.2) is 0 Å². The summed E-state index contributed by atoms with van der Waals surface area (Å²) in [5.74, 6) is -0.645. The number of amides is 2. The Morgan fingerprint density at radius 3 is 2.48 bits per heavy atom. The summed E-state index contributed by atoms with van der Waals surface area (Å²) in [6, 6.07) is 0.978. The number of carboxylic acid groups (broad SMARTS) is 1. The Balaban J connectivity index is 1.47. The molecule has 1 aliphatic carbocycles. The van der Waals surface area contributed by atoms with E-state index in [0.717, 1.165) is 25.7 Å². The molecule has 0 radical (unpaired) electrons. The number of likely N-dealkylation sites (tertiary alicyclic amines) is 2. The molecule has 1 aromatic rings. The van der Waals surface area contributed by atoms with Gasteiger partial charge in [-0.25, -0.2) is 4.79 Å². The maximum Gasteiger partial charge on any atom is 0.326 e. The number of carbonyl (C=O) groups excluding carboxylic acids is 2. The lowest BCUT2D eigenvalue weighted by molar-refractivity contribution is -0.141. The Morgan fingerprint density at radius 1 is 1.20 bits per heavy atom. The first kappa shape index (κ1) is 16.6. The van der Waals surface area contributed by atoms with Gasteiger partial charge < -0.3 is 14.9 Å². The molecule has 3 heterocycles. The first-order valence-electron chi connectivity index (χ1n) is 8.84. The number of hydrogen-bond donors (Lipinski definition) is 1. The minimum atomic E-state index is -0.933. The van der Waals surface area contributed by atoms with Gasteiger partial charge in [-0.1, -0.05) is 0 Å². The van der Waals surface area contributed by atoms with Crippen LogP contribution in [-0.4, -0.2) is 58.4 Å². The second kappa shape index (κ2) is 6.12. The Labute approximate surface area is 150 Å². The number of rotatable bonds is 3. The van der Waals surface area contributed by atoms with E-state index in [1.165, 1.54) is 16.2 Å². The highest BCUT2D eigenvalue weighted by Crippen LogP contribution is 2.45. The number of hydrogen-bond acceptors (Lipinski definition) is 4. The minimum Gasteiger partial charge on any atom is -0.480 e. The van der Waals surface area contributed by atoms with E-state index in [2.05, 4.69) is 0 Å². The molecule has 1 atom stereocenters. The maximum atomic E-state index is 12.7. The summed E-state index contributed by atoms with van der Waals surface area (Å²) in [6.45, 7) is 1.84. The summed E-state index contributed by atoms with van der Waals surface area (Å²) in [6.07, 6.45) is 4.06. The van der Waals surface area contributed by atoms with E-state index in [9.17, 15) is 19.5 Å². The van der Waals surface area contributed by atoms with Crippen LogP contribution in [0.1, 0.15) is 42.5 Å². The van der Waals surface area contributed by atoms with Crippen LogP contribution in [0.5, 0.6) is 0 Å². The molecule has 4 rings (SSSR count). The van der Waals surface area contributed by atoms with Crippen LogP contribution in [0.25, 0.3) is 0 Å². The van der Waals surface area contributed by atoms with Gasteiger partial charge in [0, 0.05) is 30.9 Å². The Hall–Kier alpha value is -1.89. The van der Waals surface area contributed by atoms with Crippen molar-refractivity contribution in [2.45, 2.75) is 38.1 Å². The first-order valence-corrected chi connectivity index (χ1v) is 9.78. The van der Waals surface area contributed by atoms with E-state index in [-0.39, 0.29) is 23.1 Å². The highest BCUT2D eigenvalue weighted by atomic mass is 32.1. The van der Waals surface area contributed by atoms with E-state index in [4.69, 9.17) is 0 Å². The summed E-state index contributed by atoms with van der Waals surface area (Å²) in [7, 11) is 0. The second-order valence-corrected chi connectivity index (χ2v) is 8.38. The molecule has 134 valence electrons. The lowest BCUT2D eigenvalue weighted by atomic mass is 9.76. The minimum absolute atomic E-state index is 0.172. The van der Waals surface area contributed by atoms with E-state index in [1.807, 2.05) is 10.3 Å². The van der Waals surface area contributed by atoms with Crippen molar-refractivity contribution in [3.05, 3.63) is 22.4 Å². The maximum absolute atomic E-state index is 12.7. The van der Waals surface area contributed by atoms with Gasteiger partial charge in [0.1, 0.15) is 6.04 Å². The molecule has 2 aliphatic heterocycles. The highest BCUT2D eigenvalue weighted by molar-refractivity contribution is 7.08. The summed E-state index contributed by atoms with van der Waals surface area (Å²) < 4.78 is 0. The van der Waals surface area contributed by atoms with Crippen LogP contribution in [0.3, 0.4) is 0 Å². The summed E-state index contributed by atoms with van der Waals surface area (Å²) in [5, 5.41) is 13.2. The summed E-state index contributed by atoms with van der Waals surface area (Å²) in [4.78, 5) is 40.1. The molecule has 0 bridgehead atoms. The van der Waals surface area contributed by atoms with Crippen molar-refractivity contribution in [3.8, 4) is 0 Å². The number of piperidine rings is 1. The van der Waals surface area contributed by atoms with Gasteiger partial charge in [0.05, 0.1) is 5.56 Å². The topological polar surface area (TPSA) is 77.9 Å². The Morgan fingerprint density at radius 2 is 1.92 bits per heavy atom. The van der Waals surface area contributed by atoms with Crippen molar-refractivity contribution < 1.29 is 19.5 Å². The molecule has 2 amide bonds. The molecule has 6 nitrogen and oxygen atoms in total. The molecule has 7 heteroatoms. The molecule has 1 unspecified atom stereocenters. The van der Waals surface area contributed by atoms with Crippen molar-refractivity contribution >= 4 is 29.1 Å². The number of aliphatic carboxylic acids is 1. The van der Waals surface area contributed by atoms with Crippen molar-refractivity contribution in [2.24, 2.45) is 11.3 Å². The van der Waals surface area contributed by atoms with Gasteiger partial charge in [-0.2, -0.15) is 11.3 Å². The zero-order chi connectivity index (χ0) is 17.6. The standard InChI is InChI=1S/C18H22N2O4S/c21-15(12-1-2-12)19-6-4-18(5-7-19)9-14(17(23)24)20(11-18)16(22)13-3-8-25-10-13/h3,8,10,12,14H,1-2,4-7,9,11H2,(H,23,24). The number of nitrogens with zero attached hydrogens (tertiary/aromatic N) is 2. The first-order chi connectivity index (χ1) is 12.0.